The van der Waals surface area contributed by atoms with E-state index in [1.165, 1.54) is 5.56 Å². The van der Waals surface area contributed by atoms with E-state index < -0.39 is 0 Å². The molecule has 0 saturated carbocycles. The standard InChI is InChI=1S/C21H20ClN3OS/c1-3-26-18-10-6-16(7-11-18)20-12-14(2)24-25(20)21-23-19(13-27-21)15-4-8-17(22)9-5-15/h4-11,13,20H,3,12H2,1-2H3/t20-/m0/s1. The summed E-state index contributed by atoms with van der Waals surface area (Å²) in [6, 6.07) is 16.2. The first-order valence-corrected chi connectivity index (χ1v) is 10.2. The number of aromatic nitrogens is 1. The van der Waals surface area contributed by atoms with Gasteiger partial charge in [0.2, 0.25) is 5.13 Å². The van der Waals surface area contributed by atoms with Crippen molar-refractivity contribution >= 4 is 33.8 Å². The van der Waals surface area contributed by atoms with Crippen LogP contribution in [0, 0.1) is 0 Å². The van der Waals surface area contributed by atoms with Crippen LogP contribution < -0.4 is 9.75 Å². The first kappa shape index (κ1) is 18.0. The Kier molecular flexibility index (Phi) is 5.14. The van der Waals surface area contributed by atoms with Crippen LogP contribution >= 0.6 is 22.9 Å². The van der Waals surface area contributed by atoms with E-state index in [0.29, 0.717) is 6.61 Å². The second kappa shape index (κ2) is 7.71. The van der Waals surface area contributed by atoms with Crippen molar-refractivity contribution < 1.29 is 4.74 Å². The smallest absolute Gasteiger partial charge is 0.207 e. The Bertz CT molecular complexity index is 950. The molecule has 1 aliphatic rings. The number of benzene rings is 2. The minimum atomic E-state index is 0.157. The van der Waals surface area contributed by atoms with Gasteiger partial charge in [-0.2, -0.15) is 5.10 Å². The van der Waals surface area contributed by atoms with Crippen LogP contribution in [0.15, 0.2) is 59.0 Å². The quantitative estimate of drug-likeness (QED) is 0.515. The van der Waals surface area contributed by atoms with Gasteiger partial charge in [-0.1, -0.05) is 35.9 Å². The molecule has 2 heterocycles. The number of anilines is 1. The van der Waals surface area contributed by atoms with Crippen molar-refractivity contribution in [3.05, 3.63) is 64.5 Å². The summed E-state index contributed by atoms with van der Waals surface area (Å²) in [6.45, 7) is 4.73. The molecule has 1 aliphatic heterocycles. The molecule has 2 aromatic carbocycles. The summed E-state index contributed by atoms with van der Waals surface area (Å²) in [4.78, 5) is 4.82. The molecule has 0 fully saturated rings. The summed E-state index contributed by atoms with van der Waals surface area (Å²) in [5, 5.41) is 10.5. The molecule has 6 heteroatoms. The van der Waals surface area contributed by atoms with Crippen molar-refractivity contribution in [2.24, 2.45) is 5.10 Å². The van der Waals surface area contributed by atoms with E-state index in [1.54, 1.807) is 11.3 Å². The molecule has 4 nitrogen and oxygen atoms in total. The Balaban J connectivity index is 1.60. The molecule has 0 saturated heterocycles. The highest BCUT2D eigenvalue weighted by atomic mass is 35.5. The fourth-order valence-corrected chi connectivity index (χ4v) is 4.13. The molecule has 0 amide bonds. The SMILES string of the molecule is CCOc1ccc([C@@H]2CC(C)=NN2c2nc(-c3ccc(Cl)cc3)cs2)cc1. The fraction of sp³-hybridized carbons (Fsp3) is 0.238. The lowest BCUT2D eigenvalue weighted by molar-refractivity contribution is 0.340. The van der Waals surface area contributed by atoms with Gasteiger partial charge in [0, 0.05) is 28.1 Å². The number of rotatable bonds is 5. The Labute approximate surface area is 168 Å². The van der Waals surface area contributed by atoms with Crippen LogP contribution in [0.5, 0.6) is 5.75 Å². The molecule has 0 unspecified atom stereocenters. The van der Waals surface area contributed by atoms with Gasteiger partial charge in [0.25, 0.3) is 0 Å². The average molecular weight is 398 g/mol. The first-order chi connectivity index (χ1) is 13.1. The molecule has 27 heavy (non-hydrogen) atoms. The van der Waals surface area contributed by atoms with E-state index >= 15 is 0 Å². The van der Waals surface area contributed by atoms with Crippen molar-refractivity contribution in [2.45, 2.75) is 26.3 Å². The average Bonchev–Trinajstić information content (AvgIpc) is 3.30. The molecule has 0 spiro atoms. The van der Waals surface area contributed by atoms with E-state index in [4.69, 9.17) is 26.4 Å². The minimum Gasteiger partial charge on any atom is -0.494 e. The largest absolute Gasteiger partial charge is 0.494 e. The number of halogens is 1. The van der Waals surface area contributed by atoms with Gasteiger partial charge in [-0.05, 0) is 43.7 Å². The molecule has 138 valence electrons. The second-order valence-corrected chi connectivity index (χ2v) is 7.70. The van der Waals surface area contributed by atoms with Gasteiger partial charge in [-0.25, -0.2) is 9.99 Å². The summed E-state index contributed by atoms with van der Waals surface area (Å²) in [6.07, 6.45) is 0.893. The molecule has 4 rings (SSSR count). The van der Waals surface area contributed by atoms with Gasteiger partial charge in [0.05, 0.1) is 18.3 Å². The Hall–Kier alpha value is -2.37. The van der Waals surface area contributed by atoms with E-state index in [-0.39, 0.29) is 6.04 Å². The van der Waals surface area contributed by atoms with Crippen molar-refractivity contribution in [1.29, 1.82) is 0 Å². The Morgan fingerprint density at radius 3 is 2.59 bits per heavy atom. The maximum atomic E-state index is 5.99. The summed E-state index contributed by atoms with van der Waals surface area (Å²) in [7, 11) is 0. The molecule has 1 aromatic heterocycles. The van der Waals surface area contributed by atoms with Gasteiger partial charge in [0.1, 0.15) is 5.75 Å². The zero-order valence-corrected chi connectivity index (χ0v) is 16.8. The Morgan fingerprint density at radius 1 is 1.15 bits per heavy atom. The van der Waals surface area contributed by atoms with Crippen LogP contribution in [-0.2, 0) is 0 Å². The molecule has 0 bridgehead atoms. The van der Waals surface area contributed by atoms with Gasteiger partial charge in [-0.15, -0.1) is 11.3 Å². The van der Waals surface area contributed by atoms with Crippen molar-refractivity contribution in [3.63, 3.8) is 0 Å². The molecular weight excluding hydrogens is 378 g/mol. The van der Waals surface area contributed by atoms with E-state index in [0.717, 1.165) is 39.3 Å². The van der Waals surface area contributed by atoms with Crippen LogP contribution in [0.4, 0.5) is 5.13 Å². The molecule has 3 aromatic rings. The lowest BCUT2D eigenvalue weighted by atomic mass is 10.0. The fourth-order valence-electron chi connectivity index (χ4n) is 3.17. The first-order valence-electron chi connectivity index (χ1n) is 8.91. The van der Waals surface area contributed by atoms with Crippen LogP contribution in [0.1, 0.15) is 31.9 Å². The zero-order valence-electron chi connectivity index (χ0n) is 15.2. The molecule has 0 aliphatic carbocycles. The summed E-state index contributed by atoms with van der Waals surface area (Å²) >= 11 is 7.60. The number of hydrazone groups is 1. The minimum absolute atomic E-state index is 0.157. The van der Waals surface area contributed by atoms with Gasteiger partial charge in [0.15, 0.2) is 0 Å². The molecule has 0 N–H and O–H groups in total. The molecule has 0 radical (unpaired) electrons. The van der Waals surface area contributed by atoms with Gasteiger partial charge >= 0.3 is 0 Å². The van der Waals surface area contributed by atoms with Crippen molar-refractivity contribution in [1.82, 2.24) is 4.98 Å². The third-order valence-corrected chi connectivity index (χ3v) is 5.55. The zero-order chi connectivity index (χ0) is 18.8. The summed E-state index contributed by atoms with van der Waals surface area (Å²) < 4.78 is 5.55. The highest BCUT2D eigenvalue weighted by molar-refractivity contribution is 7.14. The third kappa shape index (κ3) is 3.84. The molecular formula is C21H20ClN3OS. The van der Waals surface area contributed by atoms with Crippen molar-refractivity contribution in [2.75, 3.05) is 11.6 Å². The number of hydrogen-bond acceptors (Lipinski definition) is 5. The number of nitrogens with zero attached hydrogens (tertiary/aromatic N) is 3. The van der Waals surface area contributed by atoms with E-state index in [1.807, 2.05) is 48.3 Å². The number of ether oxygens (including phenoxy) is 1. The third-order valence-electron chi connectivity index (χ3n) is 4.47. The van der Waals surface area contributed by atoms with Crippen LogP contribution in [-0.4, -0.2) is 17.3 Å². The topological polar surface area (TPSA) is 37.7 Å². The van der Waals surface area contributed by atoms with E-state index in [9.17, 15) is 0 Å². The summed E-state index contributed by atoms with van der Waals surface area (Å²) in [5.41, 5.74) is 4.32. The highest BCUT2D eigenvalue weighted by Gasteiger charge is 2.29. The van der Waals surface area contributed by atoms with Crippen molar-refractivity contribution in [3.8, 4) is 17.0 Å². The number of hydrogen-bond donors (Lipinski definition) is 0. The second-order valence-electron chi connectivity index (χ2n) is 6.42. The summed E-state index contributed by atoms with van der Waals surface area (Å²) in [5.74, 6) is 0.891. The van der Waals surface area contributed by atoms with Crippen LogP contribution in [0.3, 0.4) is 0 Å². The van der Waals surface area contributed by atoms with Gasteiger partial charge < -0.3 is 4.74 Å². The predicted octanol–water partition coefficient (Wildman–Crippen LogP) is 6.19. The normalized spacial score (nSPS) is 16.5. The maximum absolute atomic E-state index is 5.99. The number of thiazole rings is 1. The highest BCUT2D eigenvalue weighted by Crippen LogP contribution is 2.38. The van der Waals surface area contributed by atoms with Crippen LogP contribution in [0.25, 0.3) is 11.3 Å². The molecule has 1 atom stereocenters. The maximum Gasteiger partial charge on any atom is 0.207 e. The lowest BCUT2D eigenvalue weighted by Crippen LogP contribution is -2.18. The monoisotopic (exact) mass is 397 g/mol. The lowest BCUT2D eigenvalue weighted by Gasteiger charge is -2.21. The van der Waals surface area contributed by atoms with Gasteiger partial charge in [-0.3, -0.25) is 0 Å². The van der Waals surface area contributed by atoms with E-state index in [2.05, 4.69) is 24.4 Å². The predicted molar refractivity (Wildman–Crippen MR) is 113 cm³/mol. The van der Waals surface area contributed by atoms with Crippen LogP contribution in [0.2, 0.25) is 5.02 Å². The Morgan fingerprint density at radius 2 is 1.89 bits per heavy atom.